The number of likely N-dealkylation sites (N-methyl/N-ethyl adjacent to an activating group) is 1. The summed E-state index contributed by atoms with van der Waals surface area (Å²) in [6.45, 7) is 0.942. The Bertz CT molecular complexity index is 560. The number of pyridine rings is 1. The van der Waals surface area contributed by atoms with Gasteiger partial charge in [-0.3, -0.25) is 0 Å². The number of rotatable bonds is 4. The molecule has 0 atom stereocenters. The molecule has 2 aromatic heterocycles. The third kappa shape index (κ3) is 2.51. The average Bonchev–Trinajstić information content (AvgIpc) is 2.77. The van der Waals surface area contributed by atoms with Crippen LogP contribution in [0.4, 0.5) is 0 Å². The molecule has 0 saturated carbocycles. The van der Waals surface area contributed by atoms with Gasteiger partial charge in [0.2, 0.25) is 0 Å². The van der Waals surface area contributed by atoms with Crippen LogP contribution in [0.25, 0.3) is 5.52 Å². The molecule has 5 nitrogen and oxygen atoms in total. The monoisotopic (exact) mass is 247 g/mol. The largest absolute Gasteiger partial charge is 0.465 e. The molecule has 0 N–H and O–H groups in total. The van der Waals surface area contributed by atoms with E-state index in [1.807, 2.05) is 24.7 Å². The number of carbonyl (C=O) groups is 1. The van der Waals surface area contributed by atoms with Crippen LogP contribution in [0.5, 0.6) is 0 Å². The highest BCUT2D eigenvalue weighted by molar-refractivity contribution is 5.90. The van der Waals surface area contributed by atoms with Crippen LogP contribution < -0.4 is 0 Å². The first-order valence-corrected chi connectivity index (χ1v) is 5.81. The normalized spacial score (nSPS) is 11.1. The highest BCUT2D eigenvalue weighted by Gasteiger charge is 2.09. The number of fused-ring (bicyclic) bond motifs is 1. The highest BCUT2D eigenvalue weighted by Crippen LogP contribution is 2.11. The van der Waals surface area contributed by atoms with Crippen LogP contribution in [-0.4, -0.2) is 48.0 Å². The molecule has 0 aliphatic carbocycles. The van der Waals surface area contributed by atoms with Crippen molar-refractivity contribution < 1.29 is 9.53 Å². The van der Waals surface area contributed by atoms with Gasteiger partial charge in [0.05, 0.1) is 24.4 Å². The van der Waals surface area contributed by atoms with Crippen molar-refractivity contribution >= 4 is 11.5 Å². The van der Waals surface area contributed by atoms with E-state index in [-0.39, 0.29) is 5.97 Å². The maximum absolute atomic E-state index is 11.4. The second kappa shape index (κ2) is 5.18. The van der Waals surface area contributed by atoms with Crippen LogP contribution in [0.15, 0.2) is 24.5 Å². The standard InChI is InChI=1S/C13H17N3O2/c1-15(2)6-5-12-14-9-11-8-10(13(17)18-3)4-7-16(11)12/h4,7-9H,5-6H2,1-3H3. The lowest BCUT2D eigenvalue weighted by Crippen LogP contribution is -2.16. The SMILES string of the molecule is COC(=O)c1ccn2c(CCN(C)C)ncc2c1. The lowest BCUT2D eigenvalue weighted by Gasteiger charge is -2.08. The molecule has 0 unspecified atom stereocenters. The molecule has 2 aromatic rings. The summed E-state index contributed by atoms with van der Waals surface area (Å²) in [5.74, 6) is 0.670. The fourth-order valence-corrected chi connectivity index (χ4v) is 1.81. The predicted molar refractivity (Wildman–Crippen MR) is 68.8 cm³/mol. The molecule has 0 fully saturated rings. The maximum Gasteiger partial charge on any atom is 0.337 e. The molecule has 2 heterocycles. The summed E-state index contributed by atoms with van der Waals surface area (Å²) in [5.41, 5.74) is 1.45. The van der Waals surface area contributed by atoms with Crippen molar-refractivity contribution in [1.29, 1.82) is 0 Å². The van der Waals surface area contributed by atoms with Crippen LogP contribution in [-0.2, 0) is 11.2 Å². The van der Waals surface area contributed by atoms with Gasteiger partial charge in [-0.15, -0.1) is 0 Å². The summed E-state index contributed by atoms with van der Waals surface area (Å²) in [4.78, 5) is 17.9. The number of hydrogen-bond acceptors (Lipinski definition) is 4. The Balaban J connectivity index is 2.29. The summed E-state index contributed by atoms with van der Waals surface area (Å²) in [6, 6.07) is 3.54. The van der Waals surface area contributed by atoms with Crippen molar-refractivity contribution in [1.82, 2.24) is 14.3 Å². The van der Waals surface area contributed by atoms with E-state index in [9.17, 15) is 4.79 Å². The minimum absolute atomic E-state index is 0.325. The Morgan fingerprint density at radius 1 is 1.50 bits per heavy atom. The molecule has 0 saturated heterocycles. The van der Waals surface area contributed by atoms with E-state index < -0.39 is 0 Å². The second-order valence-corrected chi connectivity index (χ2v) is 4.43. The fraction of sp³-hybridized carbons (Fsp3) is 0.385. The van der Waals surface area contributed by atoms with Crippen LogP contribution in [0, 0.1) is 0 Å². The van der Waals surface area contributed by atoms with Gasteiger partial charge >= 0.3 is 5.97 Å². The molecule has 18 heavy (non-hydrogen) atoms. The molecular formula is C13H17N3O2. The Kier molecular flexibility index (Phi) is 3.62. The molecule has 96 valence electrons. The summed E-state index contributed by atoms with van der Waals surface area (Å²) >= 11 is 0. The van der Waals surface area contributed by atoms with Crippen molar-refractivity contribution in [2.75, 3.05) is 27.7 Å². The molecule has 0 amide bonds. The van der Waals surface area contributed by atoms with Gasteiger partial charge in [-0.2, -0.15) is 0 Å². The third-order valence-electron chi connectivity index (χ3n) is 2.81. The van der Waals surface area contributed by atoms with Gasteiger partial charge in [0, 0.05) is 19.2 Å². The van der Waals surface area contributed by atoms with Crippen molar-refractivity contribution in [3.8, 4) is 0 Å². The molecule has 0 aliphatic rings. The first kappa shape index (κ1) is 12.6. The number of carbonyl (C=O) groups excluding carboxylic acids is 1. The van der Waals surface area contributed by atoms with E-state index in [1.54, 1.807) is 18.3 Å². The van der Waals surface area contributed by atoms with Crippen molar-refractivity contribution in [2.45, 2.75) is 6.42 Å². The van der Waals surface area contributed by atoms with E-state index in [2.05, 4.69) is 9.88 Å². The Morgan fingerprint density at radius 3 is 2.94 bits per heavy atom. The highest BCUT2D eigenvalue weighted by atomic mass is 16.5. The zero-order valence-electron chi connectivity index (χ0n) is 10.9. The maximum atomic E-state index is 11.4. The summed E-state index contributed by atoms with van der Waals surface area (Å²) in [7, 11) is 5.45. The minimum Gasteiger partial charge on any atom is -0.465 e. The van der Waals surface area contributed by atoms with Crippen molar-refractivity contribution in [3.63, 3.8) is 0 Å². The Labute approximate surface area is 106 Å². The number of methoxy groups -OCH3 is 1. The second-order valence-electron chi connectivity index (χ2n) is 4.43. The number of esters is 1. The van der Waals surface area contributed by atoms with Crippen LogP contribution in [0.3, 0.4) is 0 Å². The zero-order chi connectivity index (χ0) is 13.1. The number of ether oxygens (including phenoxy) is 1. The Hall–Kier alpha value is -1.88. The molecule has 5 heteroatoms. The van der Waals surface area contributed by atoms with Crippen LogP contribution in [0.1, 0.15) is 16.2 Å². The van der Waals surface area contributed by atoms with Gasteiger partial charge in [0.15, 0.2) is 0 Å². The quantitative estimate of drug-likeness (QED) is 0.762. The van der Waals surface area contributed by atoms with E-state index >= 15 is 0 Å². The van der Waals surface area contributed by atoms with Crippen LogP contribution >= 0.6 is 0 Å². The zero-order valence-corrected chi connectivity index (χ0v) is 10.9. The predicted octanol–water partition coefficient (Wildman–Crippen LogP) is 1.22. The molecule has 0 radical (unpaired) electrons. The van der Waals surface area contributed by atoms with Crippen molar-refractivity contribution in [3.05, 3.63) is 35.9 Å². The van der Waals surface area contributed by atoms with E-state index in [4.69, 9.17) is 4.74 Å². The lowest BCUT2D eigenvalue weighted by atomic mass is 10.2. The molecule has 0 aromatic carbocycles. The lowest BCUT2D eigenvalue weighted by molar-refractivity contribution is 0.0600. The van der Waals surface area contributed by atoms with Gasteiger partial charge in [-0.1, -0.05) is 0 Å². The smallest absolute Gasteiger partial charge is 0.337 e. The van der Waals surface area contributed by atoms with Gasteiger partial charge in [0.25, 0.3) is 0 Å². The number of aromatic nitrogens is 2. The molecule has 0 bridgehead atoms. The Morgan fingerprint density at radius 2 is 2.28 bits per heavy atom. The summed E-state index contributed by atoms with van der Waals surface area (Å²) < 4.78 is 6.69. The van der Waals surface area contributed by atoms with Crippen molar-refractivity contribution in [2.24, 2.45) is 0 Å². The minimum atomic E-state index is -0.325. The first-order chi connectivity index (χ1) is 8.61. The number of imidazole rings is 1. The summed E-state index contributed by atoms with van der Waals surface area (Å²) in [5, 5.41) is 0. The van der Waals surface area contributed by atoms with E-state index in [0.29, 0.717) is 5.56 Å². The average molecular weight is 247 g/mol. The summed E-state index contributed by atoms with van der Waals surface area (Å²) in [6.07, 6.45) is 4.51. The van der Waals surface area contributed by atoms with Gasteiger partial charge < -0.3 is 14.0 Å². The first-order valence-electron chi connectivity index (χ1n) is 5.81. The molecular weight excluding hydrogens is 230 g/mol. The molecule has 0 spiro atoms. The molecule has 2 rings (SSSR count). The fourth-order valence-electron chi connectivity index (χ4n) is 1.81. The van der Waals surface area contributed by atoms with Crippen LogP contribution in [0.2, 0.25) is 0 Å². The van der Waals surface area contributed by atoms with Gasteiger partial charge in [-0.05, 0) is 26.2 Å². The van der Waals surface area contributed by atoms with Gasteiger partial charge in [0.1, 0.15) is 5.82 Å². The number of hydrogen-bond donors (Lipinski definition) is 0. The third-order valence-corrected chi connectivity index (χ3v) is 2.81. The topological polar surface area (TPSA) is 46.8 Å². The van der Waals surface area contributed by atoms with Gasteiger partial charge in [-0.25, -0.2) is 9.78 Å². The van der Waals surface area contributed by atoms with E-state index in [0.717, 1.165) is 24.3 Å². The molecule has 0 aliphatic heterocycles. The van der Waals surface area contributed by atoms with E-state index in [1.165, 1.54) is 7.11 Å². The number of nitrogens with zero attached hydrogens (tertiary/aromatic N) is 3.